The van der Waals surface area contributed by atoms with Crippen molar-refractivity contribution in [2.75, 3.05) is 18.0 Å². The first-order valence-corrected chi connectivity index (χ1v) is 11.0. The molecule has 3 heterocycles. The van der Waals surface area contributed by atoms with Gasteiger partial charge < -0.3 is 10.2 Å². The van der Waals surface area contributed by atoms with Crippen LogP contribution < -0.4 is 10.2 Å². The monoisotopic (exact) mass is 285 g/mol. The van der Waals surface area contributed by atoms with Gasteiger partial charge in [-0.1, -0.05) is 25.6 Å². The molecule has 2 fully saturated rings. The molecule has 106 valence electrons. The van der Waals surface area contributed by atoms with Crippen LogP contribution in [0.25, 0.3) is 0 Å². The van der Waals surface area contributed by atoms with E-state index in [9.17, 15) is 0 Å². The Kier molecular flexibility index (Phi) is 3.57. The van der Waals surface area contributed by atoms with Crippen molar-refractivity contribution in [2.24, 2.45) is 0 Å². The fraction of sp³-hybridized carbons (Fsp3) is 0.562. The van der Waals surface area contributed by atoms with E-state index in [0.29, 0.717) is 12.1 Å². The summed E-state index contributed by atoms with van der Waals surface area (Å²) in [6.45, 7) is 8.96. The summed E-state index contributed by atoms with van der Waals surface area (Å²) >= 11 is 0. The van der Waals surface area contributed by atoms with Gasteiger partial charge in [-0.15, -0.1) is 5.54 Å². The number of aromatic nitrogens is 1. The molecule has 0 radical (unpaired) electrons. The number of fused-ring (bicyclic) bond motifs is 2. The third kappa shape index (κ3) is 3.22. The number of hydrogen-bond acceptors (Lipinski definition) is 3. The van der Waals surface area contributed by atoms with Gasteiger partial charge in [-0.3, -0.25) is 0 Å². The lowest BCUT2D eigenvalue weighted by molar-refractivity contribution is 0.463. The number of nitrogens with zero attached hydrogens (tertiary/aromatic N) is 2. The number of pyridine rings is 1. The highest BCUT2D eigenvalue weighted by Gasteiger charge is 2.32. The summed E-state index contributed by atoms with van der Waals surface area (Å²) in [7, 11) is -1.30. The molecule has 0 aliphatic carbocycles. The number of nitrogens with one attached hydrogen (secondary N) is 1. The van der Waals surface area contributed by atoms with Gasteiger partial charge in [0.2, 0.25) is 0 Å². The third-order valence-corrected chi connectivity index (χ3v) is 4.75. The quantitative estimate of drug-likeness (QED) is 0.634. The van der Waals surface area contributed by atoms with Crippen molar-refractivity contribution in [1.29, 1.82) is 0 Å². The zero-order valence-electron chi connectivity index (χ0n) is 12.6. The van der Waals surface area contributed by atoms with E-state index < -0.39 is 8.07 Å². The lowest BCUT2D eigenvalue weighted by Gasteiger charge is -2.33. The minimum Gasteiger partial charge on any atom is -0.353 e. The lowest BCUT2D eigenvalue weighted by atomic mass is 10.2. The van der Waals surface area contributed by atoms with Gasteiger partial charge in [-0.25, -0.2) is 4.98 Å². The van der Waals surface area contributed by atoms with Crippen molar-refractivity contribution in [3.63, 3.8) is 0 Å². The molecule has 2 aliphatic rings. The molecule has 4 heteroatoms. The molecule has 3 nitrogen and oxygen atoms in total. The summed E-state index contributed by atoms with van der Waals surface area (Å²) in [4.78, 5) is 7.02. The molecular weight excluding hydrogens is 262 g/mol. The van der Waals surface area contributed by atoms with Gasteiger partial charge >= 0.3 is 0 Å². The molecule has 0 saturated carbocycles. The fourth-order valence-electron chi connectivity index (χ4n) is 2.89. The van der Waals surface area contributed by atoms with Crippen LogP contribution in [-0.2, 0) is 0 Å². The molecule has 1 N–H and O–H groups in total. The van der Waals surface area contributed by atoms with Crippen LogP contribution in [0, 0.1) is 11.5 Å². The Balaban J connectivity index is 1.71. The molecule has 3 rings (SSSR count). The second kappa shape index (κ2) is 5.23. The van der Waals surface area contributed by atoms with Crippen LogP contribution in [-0.4, -0.2) is 38.2 Å². The molecule has 2 aliphatic heterocycles. The van der Waals surface area contributed by atoms with E-state index in [4.69, 9.17) is 0 Å². The van der Waals surface area contributed by atoms with Crippen molar-refractivity contribution < 1.29 is 0 Å². The molecule has 0 aromatic carbocycles. The number of hydrogen-bond donors (Lipinski definition) is 1. The summed E-state index contributed by atoms with van der Waals surface area (Å²) in [5, 5.41) is 3.65. The van der Waals surface area contributed by atoms with Crippen molar-refractivity contribution in [3.8, 4) is 11.5 Å². The Morgan fingerprint density at radius 1 is 1.20 bits per heavy atom. The molecule has 2 saturated heterocycles. The first-order chi connectivity index (χ1) is 9.49. The van der Waals surface area contributed by atoms with Crippen molar-refractivity contribution >= 4 is 13.9 Å². The predicted octanol–water partition coefficient (Wildman–Crippen LogP) is 2.25. The Bertz CT molecular complexity index is 524. The van der Waals surface area contributed by atoms with Gasteiger partial charge in [0.15, 0.2) is 0 Å². The molecule has 0 amide bonds. The molecule has 1 aromatic heterocycles. The average molecular weight is 285 g/mol. The van der Waals surface area contributed by atoms with Gasteiger partial charge in [-0.05, 0) is 25.0 Å². The molecule has 2 atom stereocenters. The smallest absolute Gasteiger partial charge is 0.129 e. The van der Waals surface area contributed by atoms with Crippen LogP contribution in [0.4, 0.5) is 5.82 Å². The zero-order chi connectivity index (χ0) is 14.2. The maximum atomic E-state index is 4.61. The largest absolute Gasteiger partial charge is 0.353 e. The number of anilines is 1. The highest BCUT2D eigenvalue weighted by molar-refractivity contribution is 6.83. The molecular formula is C16H23N3Si. The second-order valence-corrected chi connectivity index (χ2v) is 11.7. The highest BCUT2D eigenvalue weighted by Crippen LogP contribution is 2.23. The van der Waals surface area contributed by atoms with Crippen molar-refractivity contribution in [3.05, 3.63) is 23.9 Å². The zero-order valence-corrected chi connectivity index (χ0v) is 13.6. The van der Waals surface area contributed by atoms with Gasteiger partial charge in [-0.2, -0.15) is 0 Å². The van der Waals surface area contributed by atoms with E-state index >= 15 is 0 Å². The van der Waals surface area contributed by atoms with Crippen LogP contribution in [0.2, 0.25) is 19.6 Å². The number of rotatable bonds is 1. The summed E-state index contributed by atoms with van der Waals surface area (Å²) < 4.78 is 0. The average Bonchev–Trinajstić information content (AvgIpc) is 2.75. The SMILES string of the molecule is C[Si](C)(C)C#Cc1ccc(N2CC3CCC(C2)N3)nc1. The minimum absolute atomic E-state index is 0.655. The van der Waals surface area contributed by atoms with Crippen LogP contribution >= 0.6 is 0 Å². The van der Waals surface area contributed by atoms with E-state index in [-0.39, 0.29) is 0 Å². The van der Waals surface area contributed by atoms with E-state index in [1.165, 1.54) is 12.8 Å². The van der Waals surface area contributed by atoms with Gasteiger partial charge in [0.25, 0.3) is 0 Å². The summed E-state index contributed by atoms with van der Waals surface area (Å²) in [5.41, 5.74) is 4.42. The van der Waals surface area contributed by atoms with E-state index in [1.807, 2.05) is 6.20 Å². The standard InChI is InChI=1S/C16H23N3Si/c1-20(2,3)9-8-13-4-7-16(17-10-13)19-11-14-5-6-15(12-19)18-14/h4,7,10,14-15,18H,5-6,11-12H2,1-3H3. The van der Waals surface area contributed by atoms with Gasteiger partial charge in [0.05, 0.1) is 0 Å². The first kappa shape index (κ1) is 13.7. The van der Waals surface area contributed by atoms with E-state index in [0.717, 1.165) is 24.5 Å². The lowest BCUT2D eigenvalue weighted by Crippen LogP contribution is -2.51. The molecule has 1 aromatic rings. The second-order valence-electron chi connectivity index (χ2n) is 6.95. The maximum Gasteiger partial charge on any atom is 0.129 e. The predicted molar refractivity (Wildman–Crippen MR) is 86.6 cm³/mol. The third-order valence-electron chi connectivity index (χ3n) is 3.87. The number of piperazine rings is 1. The molecule has 2 unspecified atom stereocenters. The first-order valence-electron chi connectivity index (χ1n) is 7.50. The minimum atomic E-state index is -1.30. The van der Waals surface area contributed by atoms with E-state index in [1.54, 1.807) is 0 Å². The normalized spacial score (nSPS) is 25.2. The molecule has 0 spiro atoms. The summed E-state index contributed by atoms with van der Waals surface area (Å²) in [6.07, 6.45) is 4.54. The Morgan fingerprint density at radius 3 is 2.45 bits per heavy atom. The highest BCUT2D eigenvalue weighted by atomic mass is 28.3. The Labute approximate surface area is 122 Å². The maximum absolute atomic E-state index is 4.61. The molecule has 2 bridgehead atoms. The van der Waals surface area contributed by atoms with Gasteiger partial charge in [0, 0.05) is 36.9 Å². The Hall–Kier alpha value is -1.31. The summed E-state index contributed by atoms with van der Waals surface area (Å²) in [5.74, 6) is 4.36. The fourth-order valence-corrected chi connectivity index (χ4v) is 3.41. The van der Waals surface area contributed by atoms with Crippen molar-refractivity contribution in [2.45, 2.75) is 44.6 Å². The van der Waals surface area contributed by atoms with Gasteiger partial charge in [0.1, 0.15) is 13.9 Å². The van der Waals surface area contributed by atoms with Crippen LogP contribution in [0.1, 0.15) is 18.4 Å². The van der Waals surface area contributed by atoms with E-state index in [2.05, 4.69) is 58.4 Å². The molecule has 20 heavy (non-hydrogen) atoms. The van der Waals surface area contributed by atoms with Crippen LogP contribution in [0.5, 0.6) is 0 Å². The Morgan fingerprint density at radius 2 is 1.90 bits per heavy atom. The van der Waals surface area contributed by atoms with Crippen molar-refractivity contribution in [1.82, 2.24) is 10.3 Å². The van der Waals surface area contributed by atoms with Crippen LogP contribution in [0.3, 0.4) is 0 Å². The summed E-state index contributed by atoms with van der Waals surface area (Å²) in [6, 6.07) is 5.54. The van der Waals surface area contributed by atoms with Crippen LogP contribution in [0.15, 0.2) is 18.3 Å². The topological polar surface area (TPSA) is 28.2 Å².